The summed E-state index contributed by atoms with van der Waals surface area (Å²) < 4.78 is 7.69. The lowest BCUT2D eigenvalue weighted by Gasteiger charge is -2.12. The van der Waals surface area contributed by atoms with Crippen molar-refractivity contribution in [3.63, 3.8) is 0 Å². The van der Waals surface area contributed by atoms with Gasteiger partial charge in [0, 0.05) is 12.7 Å². The monoisotopic (exact) mass is 312 g/mol. The third-order valence-electron chi connectivity index (χ3n) is 3.78. The number of nitrogens with zero attached hydrogens (tertiary/aromatic N) is 3. The molecule has 0 aliphatic rings. The van der Waals surface area contributed by atoms with Gasteiger partial charge in [0.05, 0.1) is 12.5 Å². The summed E-state index contributed by atoms with van der Waals surface area (Å²) in [6.07, 6.45) is 1.70. The zero-order chi connectivity index (χ0) is 16.7. The van der Waals surface area contributed by atoms with E-state index in [1.54, 1.807) is 12.3 Å². The summed E-state index contributed by atoms with van der Waals surface area (Å²) in [5, 5.41) is 8.47. The van der Waals surface area contributed by atoms with Crippen LogP contribution in [0.25, 0.3) is 16.7 Å². The number of hydrogen-bond donors (Lipinski definition) is 1. The number of pyridine rings is 2. The van der Waals surface area contributed by atoms with E-state index in [1.807, 2.05) is 19.9 Å². The van der Waals surface area contributed by atoms with Gasteiger partial charge in [-0.3, -0.25) is 14.6 Å². The van der Waals surface area contributed by atoms with E-state index in [0.717, 1.165) is 5.56 Å². The first kappa shape index (κ1) is 15.0. The zero-order valence-electron chi connectivity index (χ0n) is 13.1. The van der Waals surface area contributed by atoms with Gasteiger partial charge in [-0.25, -0.2) is 9.78 Å². The van der Waals surface area contributed by atoms with Gasteiger partial charge < -0.3 is 9.30 Å². The molecule has 0 bridgehead atoms. The van der Waals surface area contributed by atoms with E-state index in [-0.39, 0.29) is 22.0 Å². The van der Waals surface area contributed by atoms with Crippen LogP contribution in [0, 0.1) is 12.3 Å². The molecule has 118 valence electrons. The Hall–Kier alpha value is -2.96. The summed E-state index contributed by atoms with van der Waals surface area (Å²) in [5.41, 5.74) is 1.57. The van der Waals surface area contributed by atoms with E-state index in [0.29, 0.717) is 17.8 Å². The van der Waals surface area contributed by atoms with Gasteiger partial charge in [-0.1, -0.05) is 6.07 Å². The van der Waals surface area contributed by atoms with Gasteiger partial charge in [-0.05, 0) is 31.5 Å². The minimum absolute atomic E-state index is 0.0183. The summed E-state index contributed by atoms with van der Waals surface area (Å²) in [7, 11) is 1.25. The van der Waals surface area contributed by atoms with Crippen LogP contribution in [0.5, 0.6) is 0 Å². The van der Waals surface area contributed by atoms with Gasteiger partial charge in [0.2, 0.25) is 0 Å². The molecule has 3 heterocycles. The van der Waals surface area contributed by atoms with Crippen molar-refractivity contribution in [2.24, 2.45) is 0 Å². The van der Waals surface area contributed by atoms with Crippen LogP contribution in [0.15, 0.2) is 29.2 Å². The maximum Gasteiger partial charge on any atom is 0.341 e. The number of esters is 1. The first-order valence-corrected chi connectivity index (χ1v) is 7.17. The number of carbonyl (C=O) groups is 1. The van der Waals surface area contributed by atoms with Crippen molar-refractivity contribution < 1.29 is 9.53 Å². The van der Waals surface area contributed by atoms with E-state index in [1.165, 1.54) is 22.1 Å². The lowest BCUT2D eigenvalue weighted by Crippen LogP contribution is -2.30. The Bertz CT molecular complexity index is 1060. The number of nitrogens with one attached hydrogen (secondary N) is 1. The van der Waals surface area contributed by atoms with Gasteiger partial charge in [0.15, 0.2) is 0 Å². The smallest absolute Gasteiger partial charge is 0.341 e. The van der Waals surface area contributed by atoms with Crippen LogP contribution in [-0.4, -0.2) is 27.0 Å². The van der Waals surface area contributed by atoms with E-state index in [2.05, 4.69) is 4.98 Å². The van der Waals surface area contributed by atoms with Gasteiger partial charge in [0.1, 0.15) is 22.3 Å². The summed E-state index contributed by atoms with van der Waals surface area (Å²) in [6.45, 7) is 4.13. The highest BCUT2D eigenvalue weighted by molar-refractivity contribution is 5.93. The van der Waals surface area contributed by atoms with Gasteiger partial charge in [0.25, 0.3) is 5.56 Å². The molecule has 0 aromatic carbocycles. The molecule has 0 aliphatic carbocycles. The second kappa shape index (κ2) is 5.35. The Balaban J connectivity index is 2.56. The molecule has 0 aliphatic heterocycles. The average Bonchev–Trinajstić information content (AvgIpc) is 2.55. The van der Waals surface area contributed by atoms with Crippen LogP contribution >= 0.6 is 0 Å². The summed E-state index contributed by atoms with van der Waals surface area (Å²) in [5.74, 6) is -0.646. The van der Waals surface area contributed by atoms with Gasteiger partial charge >= 0.3 is 5.97 Å². The lowest BCUT2D eigenvalue weighted by atomic mass is 10.2. The van der Waals surface area contributed by atoms with E-state index in [4.69, 9.17) is 10.1 Å². The number of hydrogen-bond acceptors (Lipinski definition) is 5. The first-order valence-electron chi connectivity index (χ1n) is 7.17. The molecule has 0 saturated heterocycles. The van der Waals surface area contributed by atoms with Crippen molar-refractivity contribution in [3.8, 4) is 0 Å². The third kappa shape index (κ3) is 2.21. The molecule has 0 atom stereocenters. The van der Waals surface area contributed by atoms with Crippen LogP contribution in [0.3, 0.4) is 0 Å². The van der Waals surface area contributed by atoms with Crippen molar-refractivity contribution in [3.05, 3.63) is 51.4 Å². The van der Waals surface area contributed by atoms with E-state index < -0.39 is 5.97 Å². The summed E-state index contributed by atoms with van der Waals surface area (Å²) >= 11 is 0. The molecule has 3 rings (SSSR count). The molecule has 7 nitrogen and oxygen atoms in total. The number of aromatic nitrogens is 3. The molecule has 0 radical (unpaired) electrons. The molecule has 0 amide bonds. The quantitative estimate of drug-likeness (QED) is 0.569. The average molecular weight is 312 g/mol. The Morgan fingerprint density at radius 3 is 2.78 bits per heavy atom. The van der Waals surface area contributed by atoms with Crippen LogP contribution in [0.1, 0.15) is 22.8 Å². The second-order valence-corrected chi connectivity index (χ2v) is 5.23. The predicted octanol–water partition coefficient (Wildman–Crippen LogP) is 1.24. The maximum atomic E-state index is 12.8. The van der Waals surface area contributed by atoms with Crippen molar-refractivity contribution >= 4 is 22.6 Å². The number of fused-ring (bicyclic) bond motifs is 2. The molecule has 3 aromatic heterocycles. The Kier molecular flexibility index (Phi) is 3.48. The number of methoxy groups -OCH3 is 1. The minimum atomic E-state index is -0.646. The summed E-state index contributed by atoms with van der Waals surface area (Å²) in [4.78, 5) is 29.2. The number of aryl methyl sites for hydroxylation is 2. The van der Waals surface area contributed by atoms with Crippen LogP contribution in [0.4, 0.5) is 0 Å². The highest BCUT2D eigenvalue weighted by Gasteiger charge is 2.17. The Morgan fingerprint density at radius 1 is 1.39 bits per heavy atom. The highest BCUT2D eigenvalue weighted by atomic mass is 16.5. The van der Waals surface area contributed by atoms with Crippen molar-refractivity contribution in [2.75, 3.05) is 7.11 Å². The van der Waals surface area contributed by atoms with Crippen LogP contribution in [0.2, 0.25) is 0 Å². The van der Waals surface area contributed by atoms with Crippen LogP contribution in [-0.2, 0) is 11.3 Å². The van der Waals surface area contributed by atoms with Crippen LogP contribution < -0.4 is 11.0 Å². The van der Waals surface area contributed by atoms with Crippen molar-refractivity contribution in [1.82, 2.24) is 14.0 Å². The van der Waals surface area contributed by atoms with Gasteiger partial charge in [-0.15, -0.1) is 0 Å². The fourth-order valence-corrected chi connectivity index (χ4v) is 2.62. The lowest BCUT2D eigenvalue weighted by molar-refractivity contribution is 0.0597. The minimum Gasteiger partial charge on any atom is -0.465 e. The Morgan fingerprint density at radius 2 is 2.13 bits per heavy atom. The molecule has 0 spiro atoms. The fourth-order valence-electron chi connectivity index (χ4n) is 2.62. The molecule has 3 aromatic rings. The number of ether oxygens (including phenoxy) is 1. The topological polar surface area (TPSA) is 89.5 Å². The number of carbonyl (C=O) groups excluding carboxylic acids is 1. The number of rotatable bonds is 2. The Labute approximate surface area is 131 Å². The largest absolute Gasteiger partial charge is 0.465 e. The molecule has 0 unspecified atom stereocenters. The summed E-state index contributed by atoms with van der Waals surface area (Å²) in [6, 6.07) is 5.02. The maximum absolute atomic E-state index is 12.8. The second-order valence-electron chi connectivity index (χ2n) is 5.23. The van der Waals surface area contributed by atoms with Gasteiger partial charge in [-0.2, -0.15) is 0 Å². The molecule has 7 heteroatoms. The standard InChI is InChI=1S/C16H16N4O3/c1-4-19-13(17)10(16(22)23-3)7-11-14(19)18-12-6-5-9(2)8-20(12)15(11)21/h5-8,17H,4H2,1-3H3. The highest BCUT2D eigenvalue weighted by Crippen LogP contribution is 2.11. The molecule has 1 N–H and O–H groups in total. The molecule has 0 saturated carbocycles. The molecule has 0 fully saturated rings. The van der Waals surface area contributed by atoms with E-state index in [9.17, 15) is 9.59 Å². The molecular formula is C16H16N4O3. The molecule has 23 heavy (non-hydrogen) atoms. The van der Waals surface area contributed by atoms with Crippen molar-refractivity contribution in [2.45, 2.75) is 20.4 Å². The van der Waals surface area contributed by atoms with E-state index >= 15 is 0 Å². The molecular weight excluding hydrogens is 296 g/mol. The first-order chi connectivity index (χ1) is 11.0. The SMILES string of the molecule is CCn1c(=N)c(C(=O)OC)cc2c(=O)n3cc(C)ccc3nc21. The fraction of sp³-hybridized carbons (Fsp3) is 0.250. The van der Waals surface area contributed by atoms with Crippen molar-refractivity contribution in [1.29, 1.82) is 5.41 Å². The zero-order valence-corrected chi connectivity index (χ0v) is 13.1. The predicted molar refractivity (Wildman–Crippen MR) is 84.6 cm³/mol. The third-order valence-corrected chi connectivity index (χ3v) is 3.78. The normalized spacial score (nSPS) is 11.1.